The van der Waals surface area contributed by atoms with Crippen LogP contribution < -0.4 is 0 Å². The van der Waals surface area contributed by atoms with Crippen LogP contribution >= 0.6 is 0 Å². The predicted octanol–water partition coefficient (Wildman–Crippen LogP) is 3.21. The first-order valence-electron chi connectivity index (χ1n) is 8.76. The van der Waals surface area contributed by atoms with Crippen LogP contribution in [0.15, 0.2) is 48.5 Å². The average Bonchev–Trinajstić information content (AvgIpc) is 2.65. The van der Waals surface area contributed by atoms with Crippen molar-refractivity contribution in [3.05, 3.63) is 70.8 Å². The second-order valence-corrected chi connectivity index (χ2v) is 7.33. The maximum atomic E-state index is 12.6. The molecule has 1 atom stereocenters. The highest BCUT2D eigenvalue weighted by molar-refractivity contribution is 6.10. The van der Waals surface area contributed by atoms with E-state index in [-0.39, 0.29) is 5.78 Å². The molecule has 0 amide bonds. The number of ketones is 3. The number of carbonyl (C=O) groups excluding carboxylic acids is 3. The summed E-state index contributed by atoms with van der Waals surface area (Å²) in [6.45, 7) is 6.01. The normalized spacial score (nSPS) is 13.7. The van der Waals surface area contributed by atoms with E-state index < -0.39 is 22.8 Å². The van der Waals surface area contributed by atoms with Crippen LogP contribution in [0, 0.1) is 0 Å². The molecule has 142 valence electrons. The van der Waals surface area contributed by atoms with Crippen molar-refractivity contribution in [3.63, 3.8) is 0 Å². The van der Waals surface area contributed by atoms with Gasteiger partial charge in [-0.15, -0.1) is 0 Å². The Morgan fingerprint density at radius 1 is 0.704 bits per heavy atom. The molecule has 0 aromatic heterocycles. The summed E-state index contributed by atoms with van der Waals surface area (Å²) in [4.78, 5) is 36.9. The first-order chi connectivity index (χ1) is 12.5. The van der Waals surface area contributed by atoms with Crippen LogP contribution in [-0.4, -0.2) is 38.8 Å². The Hall–Kier alpha value is -2.63. The lowest BCUT2D eigenvalue weighted by Crippen LogP contribution is -2.34. The zero-order chi connectivity index (χ0) is 20.4. The zero-order valence-electron chi connectivity index (χ0n) is 15.9. The van der Waals surface area contributed by atoms with Crippen molar-refractivity contribution in [2.75, 3.05) is 0 Å². The van der Waals surface area contributed by atoms with Gasteiger partial charge < -0.3 is 10.2 Å². The van der Waals surface area contributed by atoms with Gasteiger partial charge in [0.15, 0.2) is 17.3 Å². The van der Waals surface area contributed by atoms with E-state index in [1.807, 2.05) is 0 Å². The van der Waals surface area contributed by atoms with Crippen LogP contribution in [-0.2, 0) is 0 Å². The van der Waals surface area contributed by atoms with Crippen molar-refractivity contribution >= 4 is 17.3 Å². The van der Waals surface area contributed by atoms with Crippen molar-refractivity contribution < 1.29 is 24.6 Å². The van der Waals surface area contributed by atoms with Crippen molar-refractivity contribution in [2.24, 2.45) is 0 Å². The Kier molecular flexibility index (Phi) is 5.78. The Bertz CT molecular complexity index is 853. The minimum absolute atomic E-state index is 0.251. The number of carbonyl (C=O) groups is 3. The summed E-state index contributed by atoms with van der Waals surface area (Å²) in [6.07, 6.45) is 0.294. The molecule has 5 nitrogen and oxygen atoms in total. The second-order valence-electron chi connectivity index (χ2n) is 7.33. The minimum Gasteiger partial charge on any atom is -0.382 e. The Balaban J connectivity index is 2.21. The lowest BCUT2D eigenvalue weighted by molar-refractivity contribution is 0.0390. The fourth-order valence-corrected chi connectivity index (χ4v) is 2.54. The SMILES string of the molecule is CCC(C)(O)C(=O)c1ccc(C(=O)c2ccc(C(=O)C(C)(C)O)cc2)cc1. The standard InChI is InChI=1S/C22H24O5/c1-5-22(4,27)20(25)17-12-8-15(9-13-17)18(23)14-6-10-16(11-7-14)19(24)21(2,3)26/h6-13,26-27H,5H2,1-4H3. The molecular weight excluding hydrogens is 344 g/mol. The van der Waals surface area contributed by atoms with Gasteiger partial charge in [0.1, 0.15) is 11.2 Å². The van der Waals surface area contributed by atoms with Gasteiger partial charge in [0.25, 0.3) is 0 Å². The summed E-state index contributed by atoms with van der Waals surface area (Å²) in [7, 11) is 0. The van der Waals surface area contributed by atoms with Gasteiger partial charge in [-0.25, -0.2) is 0 Å². The Morgan fingerprint density at radius 3 is 1.37 bits per heavy atom. The third-order valence-corrected chi connectivity index (χ3v) is 4.55. The predicted molar refractivity (Wildman–Crippen MR) is 102 cm³/mol. The molecule has 0 saturated carbocycles. The van der Waals surface area contributed by atoms with Crippen LogP contribution in [0.5, 0.6) is 0 Å². The molecule has 0 aliphatic rings. The van der Waals surface area contributed by atoms with Crippen molar-refractivity contribution in [2.45, 2.75) is 45.3 Å². The number of rotatable bonds is 7. The van der Waals surface area contributed by atoms with Gasteiger partial charge in [-0.3, -0.25) is 14.4 Å². The summed E-state index contributed by atoms with van der Waals surface area (Å²) >= 11 is 0. The zero-order valence-corrected chi connectivity index (χ0v) is 15.9. The van der Waals surface area contributed by atoms with E-state index in [0.717, 1.165) is 0 Å². The van der Waals surface area contributed by atoms with Crippen LogP contribution in [0.4, 0.5) is 0 Å². The first-order valence-corrected chi connectivity index (χ1v) is 8.76. The highest BCUT2D eigenvalue weighted by Crippen LogP contribution is 2.19. The van der Waals surface area contributed by atoms with Gasteiger partial charge in [-0.05, 0) is 27.2 Å². The summed E-state index contributed by atoms with van der Waals surface area (Å²) in [5, 5.41) is 19.8. The Labute approximate surface area is 158 Å². The van der Waals surface area contributed by atoms with Crippen LogP contribution in [0.25, 0.3) is 0 Å². The van der Waals surface area contributed by atoms with Gasteiger partial charge in [0.05, 0.1) is 0 Å². The smallest absolute Gasteiger partial charge is 0.194 e. The molecule has 2 rings (SSSR count). The van der Waals surface area contributed by atoms with E-state index in [9.17, 15) is 24.6 Å². The van der Waals surface area contributed by atoms with Crippen molar-refractivity contribution in [1.29, 1.82) is 0 Å². The third kappa shape index (κ3) is 4.56. The summed E-state index contributed by atoms with van der Waals surface area (Å²) in [5.41, 5.74) is -1.47. The number of hydrogen-bond acceptors (Lipinski definition) is 5. The van der Waals surface area contributed by atoms with Crippen LogP contribution in [0.3, 0.4) is 0 Å². The largest absolute Gasteiger partial charge is 0.382 e. The molecule has 0 radical (unpaired) electrons. The number of aliphatic hydroxyl groups is 2. The highest BCUT2D eigenvalue weighted by Gasteiger charge is 2.29. The summed E-state index contributed by atoms with van der Waals surface area (Å²) in [6, 6.07) is 12.2. The molecule has 2 aromatic carbocycles. The molecule has 0 saturated heterocycles. The minimum atomic E-state index is -1.48. The summed E-state index contributed by atoms with van der Waals surface area (Å²) in [5.74, 6) is -1.07. The van der Waals surface area contributed by atoms with E-state index in [1.54, 1.807) is 6.92 Å². The van der Waals surface area contributed by atoms with Crippen LogP contribution in [0.1, 0.15) is 70.8 Å². The molecule has 27 heavy (non-hydrogen) atoms. The molecular formula is C22H24O5. The molecule has 5 heteroatoms. The molecule has 0 heterocycles. The molecule has 1 unspecified atom stereocenters. The van der Waals surface area contributed by atoms with Gasteiger partial charge in [-0.2, -0.15) is 0 Å². The quantitative estimate of drug-likeness (QED) is 0.732. The van der Waals surface area contributed by atoms with Gasteiger partial charge in [-0.1, -0.05) is 55.5 Å². The van der Waals surface area contributed by atoms with Crippen molar-refractivity contribution in [1.82, 2.24) is 0 Å². The molecule has 0 fully saturated rings. The van der Waals surface area contributed by atoms with Gasteiger partial charge in [0.2, 0.25) is 0 Å². The molecule has 2 N–H and O–H groups in total. The maximum absolute atomic E-state index is 12.6. The van der Waals surface area contributed by atoms with E-state index in [0.29, 0.717) is 28.7 Å². The lowest BCUT2D eigenvalue weighted by atomic mass is 9.91. The van der Waals surface area contributed by atoms with Gasteiger partial charge in [0, 0.05) is 22.3 Å². The number of hydrogen-bond donors (Lipinski definition) is 2. The third-order valence-electron chi connectivity index (χ3n) is 4.55. The van der Waals surface area contributed by atoms with E-state index in [1.165, 1.54) is 69.3 Å². The molecule has 0 aliphatic heterocycles. The monoisotopic (exact) mass is 368 g/mol. The van der Waals surface area contributed by atoms with Crippen molar-refractivity contribution in [3.8, 4) is 0 Å². The molecule has 2 aromatic rings. The molecule has 0 bridgehead atoms. The van der Waals surface area contributed by atoms with E-state index >= 15 is 0 Å². The van der Waals surface area contributed by atoms with E-state index in [2.05, 4.69) is 0 Å². The fraction of sp³-hybridized carbons (Fsp3) is 0.318. The highest BCUT2D eigenvalue weighted by atomic mass is 16.3. The van der Waals surface area contributed by atoms with Gasteiger partial charge >= 0.3 is 0 Å². The average molecular weight is 368 g/mol. The lowest BCUT2D eigenvalue weighted by Gasteiger charge is -2.19. The number of Topliss-reactive ketones (excluding diaryl/α,β-unsaturated/α-hetero) is 2. The second kappa shape index (κ2) is 7.55. The molecule has 0 spiro atoms. The number of benzene rings is 2. The fourth-order valence-electron chi connectivity index (χ4n) is 2.54. The summed E-state index contributed by atoms with van der Waals surface area (Å²) < 4.78 is 0. The van der Waals surface area contributed by atoms with E-state index in [4.69, 9.17) is 0 Å². The topological polar surface area (TPSA) is 91.7 Å². The Morgan fingerprint density at radius 2 is 1.04 bits per heavy atom. The van der Waals surface area contributed by atoms with Crippen LogP contribution in [0.2, 0.25) is 0 Å². The maximum Gasteiger partial charge on any atom is 0.194 e. The first kappa shape index (κ1) is 20.7. The molecule has 0 aliphatic carbocycles.